The number of rotatable bonds is 10. The van der Waals surface area contributed by atoms with Crippen LogP contribution in [0, 0.1) is 5.92 Å². The van der Waals surface area contributed by atoms with E-state index in [1.165, 1.54) is 24.8 Å². The highest BCUT2D eigenvalue weighted by Crippen LogP contribution is 2.21. The average molecular weight is 438 g/mol. The number of hydrogen-bond acceptors (Lipinski definition) is 4. The second-order valence-corrected chi connectivity index (χ2v) is 8.37. The van der Waals surface area contributed by atoms with E-state index in [1.807, 2.05) is 0 Å². The molecule has 0 radical (unpaired) electrons. The Bertz CT molecular complexity index is 856. The van der Waals surface area contributed by atoms with Crippen molar-refractivity contribution < 1.29 is 14.3 Å². The quantitative estimate of drug-likeness (QED) is 0.417. The Morgan fingerprint density at radius 2 is 1.97 bits per heavy atom. The van der Waals surface area contributed by atoms with E-state index in [2.05, 4.69) is 45.9 Å². The van der Waals surface area contributed by atoms with Gasteiger partial charge >= 0.3 is 12.0 Å². The van der Waals surface area contributed by atoms with Crippen LogP contribution in [0.25, 0.3) is 0 Å². The van der Waals surface area contributed by atoms with Crippen LogP contribution in [0.3, 0.4) is 0 Å². The van der Waals surface area contributed by atoms with E-state index in [-0.39, 0.29) is 12.0 Å². The molecular weight excluding hydrogens is 402 g/mol. The van der Waals surface area contributed by atoms with Gasteiger partial charge in [0.25, 0.3) is 0 Å². The molecule has 1 heterocycles. The van der Waals surface area contributed by atoms with Gasteiger partial charge in [0.15, 0.2) is 0 Å². The van der Waals surface area contributed by atoms with Gasteiger partial charge in [-0.15, -0.1) is 0 Å². The summed E-state index contributed by atoms with van der Waals surface area (Å²) in [5.74, 6) is 0.368. The van der Waals surface area contributed by atoms with Gasteiger partial charge in [-0.2, -0.15) is 0 Å². The first-order valence-corrected chi connectivity index (χ1v) is 11.7. The van der Waals surface area contributed by atoms with E-state index in [0.29, 0.717) is 24.4 Å². The minimum Gasteiger partial charge on any atom is -0.462 e. The number of anilines is 1. The van der Waals surface area contributed by atoms with Crippen molar-refractivity contribution in [2.45, 2.75) is 39.0 Å². The van der Waals surface area contributed by atoms with Crippen molar-refractivity contribution in [2.75, 3.05) is 38.1 Å². The van der Waals surface area contributed by atoms with E-state index in [4.69, 9.17) is 4.74 Å². The summed E-state index contributed by atoms with van der Waals surface area (Å²) in [6, 6.07) is 17.2. The molecule has 0 aliphatic carbocycles. The molecule has 1 aliphatic heterocycles. The molecule has 1 saturated heterocycles. The molecule has 172 valence electrons. The van der Waals surface area contributed by atoms with Crippen LogP contribution in [0.5, 0.6) is 0 Å². The number of ether oxygens (including phenoxy) is 1. The van der Waals surface area contributed by atoms with Crippen LogP contribution in [-0.4, -0.2) is 49.7 Å². The lowest BCUT2D eigenvalue weighted by atomic mass is 9.91. The summed E-state index contributed by atoms with van der Waals surface area (Å²) in [5.41, 5.74) is 2.43. The number of esters is 1. The number of nitrogens with zero attached hydrogens (tertiary/aromatic N) is 1. The summed E-state index contributed by atoms with van der Waals surface area (Å²) in [6.07, 6.45) is 5.88. The standard InChI is InChI=1S/C26H35N3O3/c1-2-32-25(30)23-12-6-13-24(19-23)28-26(31)27-16-8-18-29-17-7-11-22(20-29)15-14-21-9-4-3-5-10-21/h3-6,9-10,12-13,19,22H,2,7-8,11,14-18,20H2,1H3,(H2,27,28,31). The molecule has 0 spiro atoms. The Morgan fingerprint density at radius 1 is 1.12 bits per heavy atom. The fraction of sp³-hybridized carbons (Fsp3) is 0.462. The van der Waals surface area contributed by atoms with Crippen LogP contribution in [0.1, 0.15) is 48.5 Å². The second-order valence-electron chi connectivity index (χ2n) is 8.37. The molecule has 32 heavy (non-hydrogen) atoms. The van der Waals surface area contributed by atoms with Crippen LogP contribution in [-0.2, 0) is 11.2 Å². The molecule has 2 aromatic rings. The fourth-order valence-electron chi connectivity index (χ4n) is 4.22. The zero-order valence-electron chi connectivity index (χ0n) is 19.0. The normalized spacial score (nSPS) is 16.3. The molecule has 0 bridgehead atoms. The lowest BCUT2D eigenvalue weighted by molar-refractivity contribution is 0.0526. The maximum Gasteiger partial charge on any atom is 0.338 e. The molecule has 3 rings (SSSR count). The SMILES string of the molecule is CCOC(=O)c1cccc(NC(=O)NCCCN2CCCC(CCc3ccccc3)C2)c1. The molecule has 1 aliphatic rings. The predicted octanol–water partition coefficient (Wildman–Crippen LogP) is 4.72. The molecule has 2 aromatic carbocycles. The first-order valence-electron chi connectivity index (χ1n) is 11.7. The summed E-state index contributed by atoms with van der Waals surface area (Å²) in [5, 5.41) is 5.70. The van der Waals surface area contributed by atoms with Gasteiger partial charge in [-0.05, 0) is 81.8 Å². The third-order valence-electron chi connectivity index (χ3n) is 5.86. The number of piperidine rings is 1. The minimum atomic E-state index is -0.389. The van der Waals surface area contributed by atoms with Gasteiger partial charge in [-0.1, -0.05) is 36.4 Å². The lowest BCUT2D eigenvalue weighted by Crippen LogP contribution is -2.38. The van der Waals surface area contributed by atoms with Crippen molar-refractivity contribution in [3.05, 3.63) is 65.7 Å². The average Bonchev–Trinajstić information content (AvgIpc) is 2.82. The zero-order valence-corrected chi connectivity index (χ0v) is 19.0. The first-order chi connectivity index (χ1) is 15.6. The number of aryl methyl sites for hydroxylation is 1. The fourth-order valence-corrected chi connectivity index (χ4v) is 4.22. The number of nitrogens with one attached hydrogen (secondary N) is 2. The van der Waals surface area contributed by atoms with Gasteiger partial charge in [0.05, 0.1) is 12.2 Å². The number of likely N-dealkylation sites (tertiary alicyclic amines) is 1. The highest BCUT2D eigenvalue weighted by Gasteiger charge is 2.19. The van der Waals surface area contributed by atoms with Crippen molar-refractivity contribution >= 4 is 17.7 Å². The topological polar surface area (TPSA) is 70.7 Å². The number of amides is 2. The molecule has 1 unspecified atom stereocenters. The summed E-state index contributed by atoms with van der Waals surface area (Å²) in [4.78, 5) is 26.5. The largest absolute Gasteiger partial charge is 0.462 e. The Balaban J connectivity index is 1.33. The van der Waals surface area contributed by atoms with Crippen molar-refractivity contribution in [2.24, 2.45) is 5.92 Å². The van der Waals surface area contributed by atoms with Gasteiger partial charge in [0.1, 0.15) is 0 Å². The van der Waals surface area contributed by atoms with Gasteiger partial charge in [0.2, 0.25) is 0 Å². The molecular formula is C26H35N3O3. The number of hydrogen-bond donors (Lipinski definition) is 2. The van der Waals surface area contributed by atoms with E-state index in [1.54, 1.807) is 31.2 Å². The summed E-state index contributed by atoms with van der Waals surface area (Å²) in [6.45, 7) is 6.01. The Hall–Kier alpha value is -2.86. The van der Waals surface area contributed by atoms with E-state index >= 15 is 0 Å². The monoisotopic (exact) mass is 437 g/mol. The highest BCUT2D eigenvalue weighted by atomic mass is 16.5. The van der Waals surface area contributed by atoms with Crippen LogP contribution in [0.4, 0.5) is 10.5 Å². The van der Waals surface area contributed by atoms with Crippen LogP contribution >= 0.6 is 0 Å². The minimum absolute atomic E-state index is 0.259. The van der Waals surface area contributed by atoms with Crippen molar-refractivity contribution in [1.82, 2.24) is 10.2 Å². The van der Waals surface area contributed by atoms with Crippen molar-refractivity contribution in [3.8, 4) is 0 Å². The third-order valence-corrected chi connectivity index (χ3v) is 5.86. The van der Waals surface area contributed by atoms with Gasteiger partial charge in [-0.25, -0.2) is 9.59 Å². The maximum atomic E-state index is 12.2. The Labute approximate surface area is 191 Å². The third kappa shape index (κ3) is 8.00. The molecule has 0 aromatic heterocycles. The predicted molar refractivity (Wildman–Crippen MR) is 128 cm³/mol. The van der Waals surface area contributed by atoms with E-state index in [0.717, 1.165) is 38.4 Å². The van der Waals surface area contributed by atoms with Gasteiger partial charge in [-0.3, -0.25) is 0 Å². The molecule has 2 amide bonds. The zero-order chi connectivity index (χ0) is 22.6. The van der Waals surface area contributed by atoms with Crippen molar-refractivity contribution in [3.63, 3.8) is 0 Å². The summed E-state index contributed by atoms with van der Waals surface area (Å²) >= 11 is 0. The van der Waals surface area contributed by atoms with Crippen molar-refractivity contribution in [1.29, 1.82) is 0 Å². The second kappa shape index (κ2) is 12.9. The smallest absolute Gasteiger partial charge is 0.338 e. The van der Waals surface area contributed by atoms with E-state index in [9.17, 15) is 9.59 Å². The first kappa shape index (κ1) is 23.8. The van der Waals surface area contributed by atoms with Gasteiger partial charge < -0.3 is 20.3 Å². The van der Waals surface area contributed by atoms with Crippen LogP contribution < -0.4 is 10.6 Å². The molecule has 0 saturated carbocycles. The molecule has 2 N–H and O–H groups in total. The van der Waals surface area contributed by atoms with Gasteiger partial charge in [0, 0.05) is 18.8 Å². The molecule has 6 nitrogen and oxygen atoms in total. The Morgan fingerprint density at radius 3 is 2.78 bits per heavy atom. The molecule has 6 heteroatoms. The maximum absolute atomic E-state index is 12.2. The van der Waals surface area contributed by atoms with Crippen LogP contribution in [0.15, 0.2) is 54.6 Å². The van der Waals surface area contributed by atoms with E-state index < -0.39 is 0 Å². The highest BCUT2D eigenvalue weighted by molar-refractivity contribution is 5.93. The van der Waals surface area contributed by atoms with Crippen LogP contribution in [0.2, 0.25) is 0 Å². The number of carbonyl (C=O) groups is 2. The number of carbonyl (C=O) groups excluding carboxylic acids is 2. The molecule has 1 fully saturated rings. The summed E-state index contributed by atoms with van der Waals surface area (Å²) in [7, 11) is 0. The number of urea groups is 1. The summed E-state index contributed by atoms with van der Waals surface area (Å²) < 4.78 is 5.00. The number of benzene rings is 2. The molecule has 1 atom stereocenters. The Kier molecular flexibility index (Phi) is 9.57. The lowest BCUT2D eigenvalue weighted by Gasteiger charge is -2.32.